The molecule has 6 heteroatoms. The Morgan fingerprint density at radius 3 is 2.50 bits per heavy atom. The summed E-state index contributed by atoms with van der Waals surface area (Å²) in [5.74, 6) is 0.365. The van der Waals surface area contributed by atoms with Crippen LogP contribution in [0.2, 0.25) is 0 Å². The van der Waals surface area contributed by atoms with Crippen molar-refractivity contribution in [3.63, 3.8) is 0 Å². The number of hydrogen-bond donors (Lipinski definition) is 0. The SMILES string of the molecule is Cc1ccc(C(=O)N(Cc2ccccc2)Cc2ccco2)cc1[N+](=O)[O-]. The molecule has 0 saturated heterocycles. The molecule has 0 radical (unpaired) electrons. The highest BCUT2D eigenvalue weighted by Crippen LogP contribution is 2.22. The molecule has 26 heavy (non-hydrogen) atoms. The third-order valence-electron chi connectivity index (χ3n) is 4.08. The van der Waals surface area contributed by atoms with Crippen LogP contribution < -0.4 is 0 Å². The van der Waals surface area contributed by atoms with Crippen molar-refractivity contribution in [2.45, 2.75) is 20.0 Å². The fourth-order valence-electron chi connectivity index (χ4n) is 2.72. The summed E-state index contributed by atoms with van der Waals surface area (Å²) < 4.78 is 5.37. The lowest BCUT2D eigenvalue weighted by Crippen LogP contribution is -2.30. The Kier molecular flexibility index (Phi) is 5.12. The smallest absolute Gasteiger partial charge is 0.273 e. The molecular formula is C20H18N2O4. The zero-order valence-electron chi connectivity index (χ0n) is 14.3. The van der Waals surface area contributed by atoms with Crippen LogP contribution in [-0.4, -0.2) is 15.7 Å². The van der Waals surface area contributed by atoms with Crippen molar-refractivity contribution in [1.82, 2.24) is 4.90 Å². The Morgan fingerprint density at radius 2 is 1.85 bits per heavy atom. The number of hydrogen-bond acceptors (Lipinski definition) is 4. The lowest BCUT2D eigenvalue weighted by atomic mass is 10.1. The fourth-order valence-corrected chi connectivity index (χ4v) is 2.72. The average Bonchev–Trinajstić information content (AvgIpc) is 3.15. The molecule has 1 amide bonds. The number of carbonyl (C=O) groups is 1. The number of aryl methyl sites for hydroxylation is 1. The maximum atomic E-state index is 13.0. The first kappa shape index (κ1) is 17.4. The van der Waals surface area contributed by atoms with E-state index in [0.29, 0.717) is 17.9 Å². The second-order valence-electron chi connectivity index (χ2n) is 5.98. The molecule has 0 N–H and O–H groups in total. The van der Waals surface area contributed by atoms with Crippen LogP contribution in [-0.2, 0) is 13.1 Å². The summed E-state index contributed by atoms with van der Waals surface area (Å²) in [5, 5.41) is 11.2. The van der Waals surface area contributed by atoms with Crippen LogP contribution in [0.1, 0.15) is 27.2 Å². The largest absolute Gasteiger partial charge is 0.467 e. The molecule has 0 unspecified atom stereocenters. The Bertz CT molecular complexity index is 905. The molecule has 0 bridgehead atoms. The molecule has 0 aliphatic carbocycles. The topological polar surface area (TPSA) is 76.6 Å². The number of amides is 1. The second kappa shape index (κ2) is 7.65. The Hall–Kier alpha value is -3.41. The van der Waals surface area contributed by atoms with Crippen molar-refractivity contribution < 1.29 is 14.1 Å². The summed E-state index contributed by atoms with van der Waals surface area (Å²) in [7, 11) is 0. The number of benzene rings is 2. The number of carbonyl (C=O) groups excluding carboxylic acids is 1. The minimum absolute atomic E-state index is 0.0616. The molecule has 3 rings (SSSR count). The average molecular weight is 350 g/mol. The second-order valence-corrected chi connectivity index (χ2v) is 5.98. The predicted molar refractivity (Wildman–Crippen MR) is 96.6 cm³/mol. The highest BCUT2D eigenvalue weighted by molar-refractivity contribution is 5.95. The first-order valence-corrected chi connectivity index (χ1v) is 8.15. The number of furan rings is 1. The number of rotatable bonds is 6. The van der Waals surface area contributed by atoms with Crippen LogP contribution in [0.15, 0.2) is 71.3 Å². The molecule has 1 heterocycles. The van der Waals surface area contributed by atoms with Crippen molar-refractivity contribution in [1.29, 1.82) is 0 Å². The van der Waals surface area contributed by atoms with E-state index in [1.54, 1.807) is 42.4 Å². The molecule has 0 aliphatic heterocycles. The monoisotopic (exact) mass is 350 g/mol. The molecule has 0 spiro atoms. The van der Waals surface area contributed by atoms with Gasteiger partial charge in [0.2, 0.25) is 0 Å². The molecule has 6 nitrogen and oxygen atoms in total. The summed E-state index contributed by atoms with van der Waals surface area (Å²) in [6, 6.07) is 17.7. The number of nitrogens with zero attached hydrogens (tertiary/aromatic N) is 2. The van der Waals surface area contributed by atoms with E-state index in [9.17, 15) is 14.9 Å². The van der Waals surface area contributed by atoms with Gasteiger partial charge in [0.15, 0.2) is 0 Å². The van der Waals surface area contributed by atoms with E-state index in [1.165, 1.54) is 6.07 Å². The Morgan fingerprint density at radius 1 is 1.08 bits per heavy atom. The van der Waals surface area contributed by atoms with Crippen LogP contribution >= 0.6 is 0 Å². The summed E-state index contributed by atoms with van der Waals surface area (Å²) in [6.07, 6.45) is 1.55. The third kappa shape index (κ3) is 3.97. The van der Waals surface area contributed by atoms with Gasteiger partial charge < -0.3 is 9.32 Å². The molecular weight excluding hydrogens is 332 g/mol. The van der Waals surface area contributed by atoms with E-state index in [1.807, 2.05) is 30.3 Å². The highest BCUT2D eigenvalue weighted by Gasteiger charge is 2.21. The van der Waals surface area contributed by atoms with E-state index in [-0.39, 0.29) is 23.7 Å². The van der Waals surface area contributed by atoms with Gasteiger partial charge in [0.25, 0.3) is 11.6 Å². The molecule has 0 fully saturated rings. The summed E-state index contributed by atoms with van der Waals surface area (Å²) in [5.41, 5.74) is 1.71. The molecule has 2 aromatic carbocycles. The predicted octanol–water partition coefficient (Wildman–Crippen LogP) is 4.34. The van der Waals surface area contributed by atoms with Gasteiger partial charge in [0.05, 0.1) is 17.7 Å². The van der Waals surface area contributed by atoms with Gasteiger partial charge in [0, 0.05) is 23.7 Å². The molecule has 0 saturated carbocycles. The van der Waals surface area contributed by atoms with Crippen molar-refractivity contribution in [3.8, 4) is 0 Å². The van der Waals surface area contributed by atoms with Gasteiger partial charge in [-0.25, -0.2) is 0 Å². The highest BCUT2D eigenvalue weighted by atomic mass is 16.6. The van der Waals surface area contributed by atoms with Gasteiger partial charge >= 0.3 is 0 Å². The van der Waals surface area contributed by atoms with Gasteiger partial charge in [-0.05, 0) is 30.7 Å². The van der Waals surface area contributed by atoms with Crippen molar-refractivity contribution in [2.24, 2.45) is 0 Å². The van der Waals surface area contributed by atoms with Crippen LogP contribution in [0.5, 0.6) is 0 Å². The lowest BCUT2D eigenvalue weighted by Gasteiger charge is -2.22. The molecule has 0 atom stereocenters. The standard InChI is InChI=1S/C20H18N2O4/c1-15-9-10-17(12-19(15)22(24)25)20(23)21(14-18-8-5-11-26-18)13-16-6-3-2-4-7-16/h2-12H,13-14H2,1H3. The molecule has 3 aromatic rings. The van der Waals surface area contributed by atoms with Crippen molar-refractivity contribution >= 4 is 11.6 Å². The Labute approximate surface area is 150 Å². The first-order valence-electron chi connectivity index (χ1n) is 8.15. The van der Waals surface area contributed by atoms with Crippen LogP contribution in [0.4, 0.5) is 5.69 Å². The van der Waals surface area contributed by atoms with Crippen LogP contribution in [0.3, 0.4) is 0 Å². The van der Waals surface area contributed by atoms with Gasteiger partial charge in [-0.1, -0.05) is 36.4 Å². The maximum absolute atomic E-state index is 13.0. The number of nitro benzene ring substituents is 1. The van der Waals surface area contributed by atoms with Gasteiger partial charge in [-0.3, -0.25) is 14.9 Å². The van der Waals surface area contributed by atoms with E-state index in [4.69, 9.17) is 4.42 Å². The first-order chi connectivity index (χ1) is 12.5. The van der Waals surface area contributed by atoms with E-state index < -0.39 is 4.92 Å². The zero-order chi connectivity index (χ0) is 18.5. The van der Waals surface area contributed by atoms with E-state index in [0.717, 1.165) is 5.56 Å². The van der Waals surface area contributed by atoms with Gasteiger partial charge in [-0.2, -0.15) is 0 Å². The maximum Gasteiger partial charge on any atom is 0.273 e. The third-order valence-corrected chi connectivity index (χ3v) is 4.08. The van der Waals surface area contributed by atoms with Crippen molar-refractivity contribution in [3.05, 3.63) is 99.5 Å². The van der Waals surface area contributed by atoms with Crippen LogP contribution in [0.25, 0.3) is 0 Å². The molecule has 1 aromatic heterocycles. The Balaban J connectivity index is 1.91. The summed E-state index contributed by atoms with van der Waals surface area (Å²) in [6.45, 7) is 2.31. The van der Waals surface area contributed by atoms with E-state index in [2.05, 4.69) is 0 Å². The summed E-state index contributed by atoms with van der Waals surface area (Å²) in [4.78, 5) is 25.3. The normalized spacial score (nSPS) is 10.5. The van der Waals surface area contributed by atoms with Crippen LogP contribution in [0, 0.1) is 17.0 Å². The zero-order valence-corrected chi connectivity index (χ0v) is 14.3. The minimum Gasteiger partial charge on any atom is -0.467 e. The van der Waals surface area contributed by atoms with E-state index >= 15 is 0 Å². The number of nitro groups is 1. The van der Waals surface area contributed by atoms with Crippen molar-refractivity contribution in [2.75, 3.05) is 0 Å². The lowest BCUT2D eigenvalue weighted by molar-refractivity contribution is -0.385. The fraction of sp³-hybridized carbons (Fsp3) is 0.150. The quantitative estimate of drug-likeness (QED) is 0.489. The van der Waals surface area contributed by atoms with Gasteiger partial charge in [-0.15, -0.1) is 0 Å². The minimum atomic E-state index is -0.472. The molecule has 132 valence electrons. The van der Waals surface area contributed by atoms with Gasteiger partial charge in [0.1, 0.15) is 5.76 Å². The summed E-state index contributed by atoms with van der Waals surface area (Å²) >= 11 is 0. The molecule has 0 aliphatic rings.